The topological polar surface area (TPSA) is 51.8 Å². The average molecular weight is 157 g/mol. The van der Waals surface area contributed by atoms with Gasteiger partial charge in [0.15, 0.2) is 0 Å². The minimum Gasteiger partial charge on any atom is -0.330 e. The van der Waals surface area contributed by atoms with Gasteiger partial charge in [-0.1, -0.05) is 4.49 Å². The molecule has 56 valence electrons. The van der Waals surface area contributed by atoms with Crippen LogP contribution >= 0.6 is 11.5 Å². The molecule has 0 amide bonds. The van der Waals surface area contributed by atoms with E-state index in [0.29, 0.717) is 0 Å². The second-order valence-corrected chi connectivity index (χ2v) is 2.75. The highest BCUT2D eigenvalue weighted by molar-refractivity contribution is 7.03. The van der Waals surface area contributed by atoms with Crippen LogP contribution in [0.1, 0.15) is 18.5 Å². The van der Waals surface area contributed by atoms with Crippen LogP contribution in [0.2, 0.25) is 0 Å². The van der Waals surface area contributed by atoms with Crippen LogP contribution in [0.4, 0.5) is 0 Å². The van der Waals surface area contributed by atoms with Crippen molar-refractivity contribution in [2.24, 2.45) is 5.73 Å². The van der Waals surface area contributed by atoms with E-state index in [4.69, 9.17) is 5.73 Å². The van der Waals surface area contributed by atoms with Crippen molar-refractivity contribution >= 4 is 11.5 Å². The fourth-order valence-electron chi connectivity index (χ4n) is 0.743. The monoisotopic (exact) mass is 157 g/mol. The number of aryl methyl sites for hydroxylation is 1. The molecule has 1 aromatic rings. The summed E-state index contributed by atoms with van der Waals surface area (Å²) in [6.07, 6.45) is 3.23. The summed E-state index contributed by atoms with van der Waals surface area (Å²) in [4.78, 5) is 0. The Morgan fingerprint density at radius 3 is 3.00 bits per heavy atom. The maximum absolute atomic E-state index is 5.33. The Bertz CT molecular complexity index is 162. The maximum Gasteiger partial charge on any atom is 0.0755 e. The zero-order valence-electron chi connectivity index (χ0n) is 5.79. The lowest BCUT2D eigenvalue weighted by Gasteiger charge is -1.92. The lowest BCUT2D eigenvalue weighted by atomic mass is 10.2. The molecule has 1 heterocycles. The highest BCUT2D eigenvalue weighted by atomic mass is 32.1. The Labute approximate surface area is 64.4 Å². The Balaban J connectivity index is 2.15. The van der Waals surface area contributed by atoms with Crippen molar-refractivity contribution in [2.75, 3.05) is 6.54 Å². The minimum atomic E-state index is 0.775. The van der Waals surface area contributed by atoms with Gasteiger partial charge in [-0.2, -0.15) is 0 Å². The second-order valence-electron chi connectivity index (χ2n) is 2.14. The number of unbranched alkanes of at least 4 members (excludes halogenated alkanes) is 1. The van der Waals surface area contributed by atoms with Gasteiger partial charge in [-0.25, -0.2) is 0 Å². The van der Waals surface area contributed by atoms with E-state index >= 15 is 0 Å². The van der Waals surface area contributed by atoms with Crippen LogP contribution in [0.3, 0.4) is 0 Å². The van der Waals surface area contributed by atoms with Gasteiger partial charge >= 0.3 is 0 Å². The van der Waals surface area contributed by atoms with E-state index in [1.54, 1.807) is 0 Å². The van der Waals surface area contributed by atoms with E-state index in [-0.39, 0.29) is 0 Å². The molecule has 0 spiro atoms. The van der Waals surface area contributed by atoms with Gasteiger partial charge in [-0.05, 0) is 37.3 Å². The molecule has 0 aromatic carbocycles. The summed E-state index contributed by atoms with van der Waals surface area (Å²) in [5.74, 6) is 0. The van der Waals surface area contributed by atoms with Crippen LogP contribution < -0.4 is 5.73 Å². The van der Waals surface area contributed by atoms with E-state index in [2.05, 4.69) is 9.59 Å². The molecule has 0 atom stereocenters. The molecule has 0 radical (unpaired) electrons. The number of hydrogen-bond donors (Lipinski definition) is 1. The molecule has 10 heavy (non-hydrogen) atoms. The van der Waals surface area contributed by atoms with Crippen LogP contribution in [0, 0.1) is 0 Å². The first-order valence-corrected chi connectivity index (χ1v) is 4.23. The Morgan fingerprint density at radius 1 is 1.50 bits per heavy atom. The maximum atomic E-state index is 5.33. The lowest BCUT2D eigenvalue weighted by Crippen LogP contribution is -1.98. The molecule has 0 saturated heterocycles. The highest BCUT2D eigenvalue weighted by Gasteiger charge is 1.93. The summed E-state index contributed by atoms with van der Waals surface area (Å²) in [6.45, 7) is 0.775. The molecule has 0 unspecified atom stereocenters. The first-order valence-electron chi connectivity index (χ1n) is 3.39. The Hall–Kier alpha value is -0.480. The van der Waals surface area contributed by atoms with Crippen molar-refractivity contribution < 1.29 is 0 Å². The molecule has 0 bridgehead atoms. The number of aromatic nitrogens is 2. The van der Waals surface area contributed by atoms with Crippen LogP contribution in [0.25, 0.3) is 0 Å². The summed E-state index contributed by atoms with van der Waals surface area (Å²) in [5, 5.41) is 5.90. The number of hydrogen-bond acceptors (Lipinski definition) is 4. The number of rotatable bonds is 4. The van der Waals surface area contributed by atoms with Crippen molar-refractivity contribution in [1.29, 1.82) is 0 Å². The lowest BCUT2D eigenvalue weighted by molar-refractivity contribution is 0.730. The van der Waals surface area contributed by atoms with Gasteiger partial charge in [0.25, 0.3) is 0 Å². The van der Waals surface area contributed by atoms with Crippen LogP contribution in [-0.4, -0.2) is 16.1 Å². The summed E-state index contributed by atoms with van der Waals surface area (Å²) >= 11 is 1.41. The van der Waals surface area contributed by atoms with Crippen LogP contribution in [0.15, 0.2) is 5.38 Å². The quantitative estimate of drug-likeness (QED) is 0.658. The van der Waals surface area contributed by atoms with E-state index in [0.717, 1.165) is 31.5 Å². The second kappa shape index (κ2) is 4.35. The Morgan fingerprint density at radius 2 is 2.40 bits per heavy atom. The summed E-state index contributed by atoms with van der Waals surface area (Å²) in [5.41, 5.74) is 6.43. The third-order valence-corrected chi connectivity index (χ3v) is 1.85. The fraction of sp³-hybridized carbons (Fsp3) is 0.667. The molecule has 0 aliphatic carbocycles. The van der Waals surface area contributed by atoms with Crippen LogP contribution in [0.5, 0.6) is 0 Å². The van der Waals surface area contributed by atoms with E-state index < -0.39 is 0 Å². The van der Waals surface area contributed by atoms with Gasteiger partial charge in [0.1, 0.15) is 0 Å². The SMILES string of the molecule is NCCCCc1csnn1. The van der Waals surface area contributed by atoms with Crippen molar-refractivity contribution in [3.05, 3.63) is 11.1 Å². The van der Waals surface area contributed by atoms with E-state index in [1.807, 2.05) is 5.38 Å². The molecule has 0 fully saturated rings. The first-order chi connectivity index (χ1) is 4.93. The van der Waals surface area contributed by atoms with Gasteiger partial charge in [-0.15, -0.1) is 5.10 Å². The number of nitrogens with zero attached hydrogens (tertiary/aromatic N) is 2. The smallest absolute Gasteiger partial charge is 0.0755 e. The first kappa shape index (κ1) is 7.63. The summed E-state index contributed by atoms with van der Waals surface area (Å²) < 4.78 is 3.76. The summed E-state index contributed by atoms with van der Waals surface area (Å²) in [7, 11) is 0. The molecular weight excluding hydrogens is 146 g/mol. The molecule has 1 rings (SSSR count). The number of nitrogens with two attached hydrogens (primary N) is 1. The van der Waals surface area contributed by atoms with Crippen LogP contribution in [-0.2, 0) is 6.42 Å². The molecular formula is C6H11N3S. The zero-order chi connectivity index (χ0) is 7.23. The van der Waals surface area contributed by atoms with Gasteiger partial charge < -0.3 is 5.73 Å². The van der Waals surface area contributed by atoms with Gasteiger partial charge in [-0.3, -0.25) is 0 Å². The third-order valence-electron chi connectivity index (χ3n) is 1.29. The molecule has 0 aliphatic heterocycles. The van der Waals surface area contributed by atoms with Crippen molar-refractivity contribution in [1.82, 2.24) is 9.59 Å². The van der Waals surface area contributed by atoms with Crippen molar-refractivity contribution in [3.8, 4) is 0 Å². The highest BCUT2D eigenvalue weighted by Crippen LogP contribution is 2.01. The molecule has 2 N–H and O–H groups in total. The van der Waals surface area contributed by atoms with Gasteiger partial charge in [0, 0.05) is 5.38 Å². The predicted molar refractivity (Wildman–Crippen MR) is 41.9 cm³/mol. The van der Waals surface area contributed by atoms with E-state index in [9.17, 15) is 0 Å². The van der Waals surface area contributed by atoms with Crippen molar-refractivity contribution in [3.63, 3.8) is 0 Å². The van der Waals surface area contributed by atoms with Gasteiger partial charge in [0.05, 0.1) is 5.69 Å². The third kappa shape index (κ3) is 2.41. The molecule has 0 saturated carbocycles. The molecule has 4 heteroatoms. The van der Waals surface area contributed by atoms with Crippen molar-refractivity contribution in [2.45, 2.75) is 19.3 Å². The van der Waals surface area contributed by atoms with E-state index in [1.165, 1.54) is 11.5 Å². The molecule has 0 aliphatic rings. The predicted octanol–water partition coefficient (Wildman–Crippen LogP) is 0.820. The molecule has 1 aromatic heterocycles. The fourth-order valence-corrected chi connectivity index (χ4v) is 1.23. The molecule has 3 nitrogen and oxygen atoms in total. The average Bonchev–Trinajstić information content (AvgIpc) is 2.41. The normalized spacial score (nSPS) is 10.1. The largest absolute Gasteiger partial charge is 0.330 e. The Kier molecular flexibility index (Phi) is 3.32. The zero-order valence-corrected chi connectivity index (χ0v) is 6.60. The van der Waals surface area contributed by atoms with Gasteiger partial charge in [0.2, 0.25) is 0 Å². The summed E-state index contributed by atoms with van der Waals surface area (Å²) in [6, 6.07) is 0. The minimum absolute atomic E-state index is 0.775. The standard InChI is InChI=1S/C6H11N3S/c7-4-2-1-3-6-5-10-9-8-6/h5H,1-4,7H2.